The van der Waals surface area contributed by atoms with Gasteiger partial charge in [0.1, 0.15) is 6.54 Å². The number of ether oxygens (including phenoxy) is 2. The molecule has 1 heterocycles. The second-order valence-electron chi connectivity index (χ2n) is 5.64. The Labute approximate surface area is 172 Å². The highest BCUT2D eigenvalue weighted by molar-refractivity contribution is 9.10. The maximum Gasteiger partial charge on any atom is 0.337 e. The number of rotatable bonds is 4. The van der Waals surface area contributed by atoms with Gasteiger partial charge in [0.15, 0.2) is 4.80 Å². The first-order valence-corrected chi connectivity index (χ1v) is 9.67. The molecule has 0 atom stereocenters. The van der Waals surface area contributed by atoms with Crippen molar-refractivity contribution in [3.05, 3.63) is 62.9 Å². The van der Waals surface area contributed by atoms with Crippen LogP contribution < -0.4 is 4.80 Å². The average molecular weight is 463 g/mol. The Morgan fingerprint density at radius 3 is 2.36 bits per heavy atom. The highest BCUT2D eigenvalue weighted by Gasteiger charge is 2.15. The lowest BCUT2D eigenvalue weighted by Crippen LogP contribution is -2.22. The molecule has 0 bridgehead atoms. The SMILES string of the molecule is COC(=O)Cn1c(=NC(=O)c2ccc(Br)cc2)sc2cc(C(=O)OC)ccc21. The first-order valence-electron chi connectivity index (χ1n) is 8.06. The molecule has 7 nitrogen and oxygen atoms in total. The Morgan fingerprint density at radius 2 is 1.71 bits per heavy atom. The number of carbonyl (C=O) groups excluding carboxylic acids is 3. The van der Waals surface area contributed by atoms with Crippen molar-refractivity contribution in [2.45, 2.75) is 6.54 Å². The Bertz CT molecular complexity index is 1130. The number of methoxy groups -OCH3 is 2. The molecule has 0 radical (unpaired) electrons. The second kappa shape index (κ2) is 8.49. The van der Waals surface area contributed by atoms with E-state index in [0.29, 0.717) is 26.1 Å². The van der Waals surface area contributed by atoms with Gasteiger partial charge in [-0.15, -0.1) is 0 Å². The summed E-state index contributed by atoms with van der Waals surface area (Å²) in [7, 11) is 2.59. The summed E-state index contributed by atoms with van der Waals surface area (Å²) in [4.78, 5) is 40.7. The molecule has 3 rings (SSSR count). The number of hydrogen-bond acceptors (Lipinski definition) is 6. The summed E-state index contributed by atoms with van der Waals surface area (Å²) in [5.74, 6) is -1.39. The Morgan fingerprint density at radius 1 is 1.04 bits per heavy atom. The lowest BCUT2D eigenvalue weighted by Gasteiger charge is -2.04. The third-order valence-electron chi connectivity index (χ3n) is 3.91. The third kappa shape index (κ3) is 4.20. The van der Waals surface area contributed by atoms with Gasteiger partial charge >= 0.3 is 11.9 Å². The number of carbonyl (C=O) groups is 3. The number of aromatic nitrogens is 1. The summed E-state index contributed by atoms with van der Waals surface area (Å²) in [6.45, 7) is -0.111. The van der Waals surface area contributed by atoms with E-state index in [4.69, 9.17) is 9.47 Å². The van der Waals surface area contributed by atoms with Gasteiger partial charge in [-0.2, -0.15) is 4.99 Å². The molecule has 0 aliphatic heterocycles. The molecule has 0 fully saturated rings. The number of nitrogens with zero attached hydrogens (tertiary/aromatic N) is 2. The number of thiazole rings is 1. The Balaban J connectivity index is 2.14. The maximum absolute atomic E-state index is 12.6. The van der Waals surface area contributed by atoms with E-state index in [1.54, 1.807) is 47.0 Å². The summed E-state index contributed by atoms with van der Waals surface area (Å²) in [5, 5.41) is 0. The number of fused-ring (bicyclic) bond motifs is 1. The van der Waals surface area contributed by atoms with Crippen LogP contribution in [0.5, 0.6) is 0 Å². The van der Waals surface area contributed by atoms with Crippen molar-refractivity contribution >= 4 is 55.3 Å². The number of benzene rings is 2. The average Bonchev–Trinajstić information content (AvgIpc) is 3.03. The standard InChI is InChI=1S/C19H15BrN2O5S/c1-26-16(23)10-22-14-8-5-12(18(25)27-2)9-15(14)28-19(22)21-17(24)11-3-6-13(20)7-4-11/h3-9H,10H2,1-2H3. The summed E-state index contributed by atoms with van der Waals surface area (Å²) in [6, 6.07) is 11.7. The zero-order valence-corrected chi connectivity index (χ0v) is 17.4. The first kappa shape index (κ1) is 20.0. The molecule has 1 aromatic heterocycles. The molecule has 0 spiro atoms. The fraction of sp³-hybridized carbons (Fsp3) is 0.158. The molecule has 0 saturated carbocycles. The largest absolute Gasteiger partial charge is 0.468 e. The molecular weight excluding hydrogens is 448 g/mol. The van der Waals surface area contributed by atoms with Crippen LogP contribution in [-0.2, 0) is 20.8 Å². The van der Waals surface area contributed by atoms with Crippen molar-refractivity contribution in [2.75, 3.05) is 14.2 Å². The number of hydrogen-bond donors (Lipinski definition) is 0. The predicted octanol–water partition coefficient (Wildman–Crippen LogP) is 3.17. The molecule has 0 saturated heterocycles. The van der Waals surface area contributed by atoms with Crippen LogP contribution in [0.15, 0.2) is 51.9 Å². The maximum atomic E-state index is 12.6. The van der Waals surface area contributed by atoms with Gasteiger partial charge in [0, 0.05) is 10.0 Å². The van der Waals surface area contributed by atoms with E-state index >= 15 is 0 Å². The fourth-order valence-corrected chi connectivity index (χ4v) is 3.83. The van der Waals surface area contributed by atoms with Crippen LogP contribution in [0.4, 0.5) is 0 Å². The van der Waals surface area contributed by atoms with Gasteiger partial charge < -0.3 is 14.0 Å². The van der Waals surface area contributed by atoms with E-state index in [-0.39, 0.29) is 6.54 Å². The smallest absolute Gasteiger partial charge is 0.337 e. The minimum atomic E-state index is -0.478. The van der Waals surface area contributed by atoms with Crippen LogP contribution in [0.2, 0.25) is 0 Å². The van der Waals surface area contributed by atoms with Crippen LogP contribution in [0.25, 0.3) is 10.2 Å². The molecule has 9 heteroatoms. The lowest BCUT2D eigenvalue weighted by molar-refractivity contribution is -0.141. The molecule has 144 valence electrons. The number of halogens is 1. The van der Waals surface area contributed by atoms with Gasteiger partial charge in [0.2, 0.25) is 0 Å². The minimum Gasteiger partial charge on any atom is -0.468 e. The van der Waals surface area contributed by atoms with Crippen molar-refractivity contribution in [1.82, 2.24) is 4.57 Å². The van der Waals surface area contributed by atoms with Crippen LogP contribution >= 0.6 is 27.3 Å². The van der Waals surface area contributed by atoms with Crippen molar-refractivity contribution in [1.29, 1.82) is 0 Å². The highest BCUT2D eigenvalue weighted by Crippen LogP contribution is 2.20. The molecule has 1 amide bonds. The van der Waals surface area contributed by atoms with Crippen LogP contribution in [0, 0.1) is 0 Å². The lowest BCUT2D eigenvalue weighted by atomic mass is 10.2. The van der Waals surface area contributed by atoms with E-state index in [1.807, 2.05) is 0 Å². The van der Waals surface area contributed by atoms with Crippen molar-refractivity contribution in [3.8, 4) is 0 Å². The van der Waals surface area contributed by atoms with Gasteiger partial charge in [-0.3, -0.25) is 9.59 Å². The summed E-state index contributed by atoms with van der Waals surface area (Å²) < 4.78 is 12.6. The van der Waals surface area contributed by atoms with Gasteiger partial charge in [-0.05, 0) is 42.5 Å². The van der Waals surface area contributed by atoms with Gasteiger partial charge in [-0.1, -0.05) is 27.3 Å². The quantitative estimate of drug-likeness (QED) is 0.555. The van der Waals surface area contributed by atoms with Gasteiger partial charge in [0.25, 0.3) is 5.91 Å². The minimum absolute atomic E-state index is 0.111. The summed E-state index contributed by atoms with van der Waals surface area (Å²) in [5.41, 5.74) is 1.44. The Kier molecular flexibility index (Phi) is 6.05. The molecular formula is C19H15BrN2O5S. The van der Waals surface area contributed by atoms with E-state index < -0.39 is 17.8 Å². The van der Waals surface area contributed by atoms with Crippen LogP contribution in [0.1, 0.15) is 20.7 Å². The van der Waals surface area contributed by atoms with E-state index in [0.717, 1.165) is 4.47 Å². The normalized spacial score (nSPS) is 11.5. The molecule has 0 aliphatic rings. The van der Waals surface area contributed by atoms with E-state index in [1.165, 1.54) is 25.6 Å². The number of esters is 2. The van der Waals surface area contributed by atoms with Crippen LogP contribution in [-0.4, -0.2) is 36.6 Å². The second-order valence-corrected chi connectivity index (χ2v) is 7.57. The van der Waals surface area contributed by atoms with Gasteiger partial charge in [0.05, 0.1) is 30.0 Å². The molecule has 2 aromatic carbocycles. The summed E-state index contributed by atoms with van der Waals surface area (Å²) >= 11 is 4.52. The zero-order chi connectivity index (χ0) is 20.3. The van der Waals surface area contributed by atoms with Crippen molar-refractivity contribution in [2.24, 2.45) is 4.99 Å². The topological polar surface area (TPSA) is 87.0 Å². The van der Waals surface area contributed by atoms with Gasteiger partial charge in [-0.25, -0.2) is 4.79 Å². The van der Waals surface area contributed by atoms with E-state index in [9.17, 15) is 14.4 Å². The van der Waals surface area contributed by atoms with Crippen molar-refractivity contribution in [3.63, 3.8) is 0 Å². The van der Waals surface area contributed by atoms with Crippen molar-refractivity contribution < 1.29 is 23.9 Å². The number of amides is 1. The first-order chi connectivity index (χ1) is 13.4. The molecule has 0 unspecified atom stereocenters. The van der Waals surface area contributed by atoms with Crippen LogP contribution in [0.3, 0.4) is 0 Å². The Hall–Kier alpha value is -2.78. The zero-order valence-electron chi connectivity index (χ0n) is 15.0. The summed E-state index contributed by atoms with van der Waals surface area (Å²) in [6.07, 6.45) is 0. The predicted molar refractivity (Wildman–Crippen MR) is 107 cm³/mol. The molecule has 28 heavy (non-hydrogen) atoms. The highest BCUT2D eigenvalue weighted by atomic mass is 79.9. The molecule has 0 N–H and O–H groups in total. The fourth-order valence-electron chi connectivity index (χ4n) is 2.49. The molecule has 3 aromatic rings. The monoisotopic (exact) mass is 462 g/mol. The van der Waals surface area contributed by atoms with E-state index in [2.05, 4.69) is 20.9 Å². The molecule has 0 aliphatic carbocycles. The third-order valence-corrected chi connectivity index (χ3v) is 5.48.